The summed E-state index contributed by atoms with van der Waals surface area (Å²) in [6.07, 6.45) is 4.70. The van der Waals surface area contributed by atoms with Crippen molar-refractivity contribution in [1.82, 2.24) is 23.7 Å². The number of carbonyl (C=O) groups excluding carboxylic acids is 1. The third-order valence-corrected chi connectivity index (χ3v) is 4.21. The molecule has 0 saturated carbocycles. The summed E-state index contributed by atoms with van der Waals surface area (Å²) in [6, 6.07) is 1.61. The summed E-state index contributed by atoms with van der Waals surface area (Å²) in [6.45, 7) is 1.74. The molecular formula is C16H18N6O3. The molecule has 1 amide bonds. The van der Waals surface area contributed by atoms with Gasteiger partial charge < -0.3 is 4.57 Å². The maximum Gasteiger partial charge on any atom is 0.332 e. The van der Waals surface area contributed by atoms with Gasteiger partial charge in [-0.05, 0) is 13.0 Å². The molecule has 130 valence electrons. The lowest BCUT2D eigenvalue weighted by Crippen LogP contribution is -2.38. The van der Waals surface area contributed by atoms with Crippen molar-refractivity contribution in [2.45, 2.75) is 13.5 Å². The van der Waals surface area contributed by atoms with Gasteiger partial charge in [-0.15, -0.1) is 0 Å². The predicted octanol–water partition coefficient (Wildman–Crippen LogP) is -0.200. The number of fused-ring (bicyclic) bond motifs is 1. The zero-order valence-electron chi connectivity index (χ0n) is 14.4. The van der Waals surface area contributed by atoms with Crippen LogP contribution in [-0.4, -0.2) is 36.6 Å². The molecule has 9 heteroatoms. The van der Waals surface area contributed by atoms with Crippen LogP contribution in [0.5, 0.6) is 0 Å². The topological polar surface area (TPSA) is 95.0 Å². The van der Waals surface area contributed by atoms with Crippen LogP contribution in [0.1, 0.15) is 5.69 Å². The molecule has 9 nitrogen and oxygen atoms in total. The fraction of sp³-hybridized carbons (Fsp3) is 0.312. The molecule has 0 atom stereocenters. The number of hydrogen-bond donors (Lipinski definition) is 0. The normalized spacial score (nSPS) is 11.0. The third-order valence-electron chi connectivity index (χ3n) is 4.21. The van der Waals surface area contributed by atoms with E-state index in [4.69, 9.17) is 0 Å². The van der Waals surface area contributed by atoms with Crippen molar-refractivity contribution in [1.29, 1.82) is 0 Å². The highest BCUT2D eigenvalue weighted by Crippen LogP contribution is 2.14. The van der Waals surface area contributed by atoms with Crippen LogP contribution in [-0.2, 0) is 25.4 Å². The second kappa shape index (κ2) is 6.00. The Balaban J connectivity index is 2.02. The SMILES string of the molecule is Cc1nccnc1N(C)C(=O)Cn1ccc2c(=O)n(C)c(=O)n(C)c21. The van der Waals surface area contributed by atoms with Crippen LogP contribution in [0.25, 0.3) is 11.0 Å². The Kier molecular flexibility index (Phi) is 3.99. The van der Waals surface area contributed by atoms with Crippen molar-refractivity contribution < 1.29 is 4.79 Å². The first-order valence-electron chi connectivity index (χ1n) is 7.62. The molecule has 0 fully saturated rings. The Bertz CT molecular complexity index is 1090. The van der Waals surface area contributed by atoms with Crippen molar-refractivity contribution in [3.05, 3.63) is 51.2 Å². The first-order chi connectivity index (χ1) is 11.8. The van der Waals surface area contributed by atoms with Gasteiger partial charge in [-0.1, -0.05) is 0 Å². The summed E-state index contributed by atoms with van der Waals surface area (Å²) in [7, 11) is 4.61. The number of aromatic nitrogens is 5. The molecule has 3 rings (SSSR count). The monoisotopic (exact) mass is 342 g/mol. The van der Waals surface area contributed by atoms with Gasteiger partial charge in [0, 0.05) is 39.7 Å². The third kappa shape index (κ3) is 2.63. The van der Waals surface area contributed by atoms with E-state index in [1.807, 2.05) is 0 Å². The fourth-order valence-electron chi connectivity index (χ4n) is 2.81. The van der Waals surface area contributed by atoms with E-state index in [9.17, 15) is 14.4 Å². The second-order valence-corrected chi connectivity index (χ2v) is 5.80. The number of likely N-dealkylation sites (N-methyl/N-ethyl adjacent to an activating group) is 1. The van der Waals surface area contributed by atoms with Crippen molar-refractivity contribution in [3.8, 4) is 0 Å². The standard InChI is InChI=1S/C16H18N6O3/c1-10-13(18-7-6-17-10)19(2)12(23)9-22-8-5-11-14(22)20(3)16(25)21(4)15(11)24/h5-8H,9H2,1-4H3. The van der Waals surface area contributed by atoms with Gasteiger partial charge in [-0.25, -0.2) is 9.78 Å². The number of carbonyl (C=O) groups is 1. The van der Waals surface area contributed by atoms with Gasteiger partial charge in [0.1, 0.15) is 12.2 Å². The molecule has 0 bridgehead atoms. The van der Waals surface area contributed by atoms with Crippen LogP contribution in [0, 0.1) is 6.92 Å². The van der Waals surface area contributed by atoms with Crippen LogP contribution in [0.15, 0.2) is 34.2 Å². The molecule has 0 aliphatic carbocycles. The summed E-state index contributed by atoms with van der Waals surface area (Å²) >= 11 is 0. The zero-order valence-corrected chi connectivity index (χ0v) is 14.4. The number of anilines is 1. The average molecular weight is 342 g/mol. The Morgan fingerprint density at radius 2 is 1.84 bits per heavy atom. The minimum Gasteiger partial charge on any atom is -0.324 e. The zero-order chi connectivity index (χ0) is 18.3. The van der Waals surface area contributed by atoms with Crippen molar-refractivity contribution in [3.63, 3.8) is 0 Å². The fourth-order valence-corrected chi connectivity index (χ4v) is 2.81. The minimum atomic E-state index is -0.442. The lowest BCUT2D eigenvalue weighted by Gasteiger charge is -2.18. The lowest BCUT2D eigenvalue weighted by atomic mass is 10.4. The number of aryl methyl sites for hydroxylation is 2. The van der Waals surface area contributed by atoms with Gasteiger partial charge in [-0.3, -0.25) is 28.6 Å². The van der Waals surface area contributed by atoms with Gasteiger partial charge >= 0.3 is 5.69 Å². The minimum absolute atomic E-state index is 0.0313. The molecule has 0 aromatic carbocycles. The number of amides is 1. The Morgan fingerprint density at radius 3 is 2.52 bits per heavy atom. The summed E-state index contributed by atoms with van der Waals surface area (Å²) in [5.41, 5.74) is 0.216. The first-order valence-corrected chi connectivity index (χ1v) is 7.62. The smallest absolute Gasteiger partial charge is 0.324 e. The molecule has 0 saturated heterocycles. The molecule has 25 heavy (non-hydrogen) atoms. The summed E-state index contributed by atoms with van der Waals surface area (Å²) < 4.78 is 3.99. The summed E-state index contributed by atoms with van der Waals surface area (Å²) in [5.74, 6) is 0.225. The van der Waals surface area contributed by atoms with Gasteiger partial charge in [0.25, 0.3) is 5.56 Å². The van der Waals surface area contributed by atoms with E-state index in [0.717, 1.165) is 4.57 Å². The van der Waals surface area contributed by atoms with Crippen LogP contribution < -0.4 is 16.1 Å². The van der Waals surface area contributed by atoms with Gasteiger partial charge in [0.05, 0.1) is 11.1 Å². The molecular weight excluding hydrogens is 324 g/mol. The van der Waals surface area contributed by atoms with E-state index in [0.29, 0.717) is 22.5 Å². The Morgan fingerprint density at radius 1 is 1.16 bits per heavy atom. The molecule has 0 spiro atoms. The van der Waals surface area contributed by atoms with Gasteiger partial charge in [0.15, 0.2) is 5.82 Å². The molecule has 0 unspecified atom stereocenters. The van der Waals surface area contributed by atoms with Gasteiger partial charge in [-0.2, -0.15) is 0 Å². The summed E-state index contributed by atoms with van der Waals surface area (Å²) in [4.78, 5) is 46.7. The maximum absolute atomic E-state index is 12.6. The van der Waals surface area contributed by atoms with Crippen LogP contribution in [0.2, 0.25) is 0 Å². The largest absolute Gasteiger partial charge is 0.332 e. The molecule has 0 aliphatic rings. The van der Waals surface area contributed by atoms with E-state index in [1.165, 1.54) is 22.7 Å². The van der Waals surface area contributed by atoms with Crippen LogP contribution in [0.3, 0.4) is 0 Å². The van der Waals surface area contributed by atoms with E-state index >= 15 is 0 Å². The average Bonchev–Trinajstić information content (AvgIpc) is 3.01. The maximum atomic E-state index is 12.6. The highest BCUT2D eigenvalue weighted by atomic mass is 16.2. The van der Waals surface area contributed by atoms with Crippen molar-refractivity contribution >= 4 is 22.8 Å². The van der Waals surface area contributed by atoms with Gasteiger partial charge in [0.2, 0.25) is 5.91 Å². The first kappa shape index (κ1) is 16.6. The van der Waals surface area contributed by atoms with E-state index in [2.05, 4.69) is 9.97 Å². The second-order valence-electron chi connectivity index (χ2n) is 5.80. The van der Waals surface area contributed by atoms with Crippen molar-refractivity contribution in [2.24, 2.45) is 14.1 Å². The number of hydrogen-bond acceptors (Lipinski definition) is 5. The Labute approximate surface area is 142 Å². The molecule has 0 N–H and O–H groups in total. The number of nitrogens with zero attached hydrogens (tertiary/aromatic N) is 6. The van der Waals surface area contributed by atoms with Crippen molar-refractivity contribution in [2.75, 3.05) is 11.9 Å². The molecule has 3 heterocycles. The molecule has 3 aromatic rings. The molecule has 3 aromatic heterocycles. The van der Waals surface area contributed by atoms with E-state index < -0.39 is 5.69 Å². The quantitative estimate of drug-likeness (QED) is 0.657. The highest BCUT2D eigenvalue weighted by molar-refractivity contribution is 5.93. The molecule has 0 radical (unpaired) electrons. The number of rotatable bonds is 3. The van der Waals surface area contributed by atoms with E-state index in [1.54, 1.807) is 44.0 Å². The van der Waals surface area contributed by atoms with Crippen LogP contribution >= 0.6 is 0 Å². The molecule has 0 aliphatic heterocycles. The predicted molar refractivity (Wildman–Crippen MR) is 92.6 cm³/mol. The van der Waals surface area contributed by atoms with Crippen LogP contribution in [0.4, 0.5) is 5.82 Å². The lowest BCUT2D eigenvalue weighted by molar-refractivity contribution is -0.118. The highest BCUT2D eigenvalue weighted by Gasteiger charge is 2.18. The Hall–Kier alpha value is -3.23. The van der Waals surface area contributed by atoms with E-state index in [-0.39, 0.29) is 18.0 Å². The summed E-state index contributed by atoms with van der Waals surface area (Å²) in [5, 5.41) is 0.385.